The Kier molecular flexibility index (Phi) is 7.29. The maximum Gasteiger partial charge on any atom is 0.234 e. The van der Waals surface area contributed by atoms with Crippen molar-refractivity contribution in [1.82, 2.24) is 10.2 Å². The molecular weight excluding hydrogens is 364 g/mol. The molecule has 5 heteroatoms. The molecule has 0 radical (unpaired) electrons. The number of hydrogen-bond acceptors (Lipinski definition) is 4. The Morgan fingerprint density at radius 1 is 1.14 bits per heavy atom. The van der Waals surface area contributed by atoms with E-state index in [9.17, 15) is 4.79 Å². The van der Waals surface area contributed by atoms with Crippen LogP contribution < -0.4 is 10.1 Å². The Bertz CT molecular complexity index is 788. The Hall–Kier alpha value is -2.37. The molecule has 1 amide bonds. The van der Waals surface area contributed by atoms with E-state index >= 15 is 0 Å². The number of hydrogen-bond donors (Lipinski definition) is 1. The Morgan fingerprint density at radius 2 is 1.79 bits per heavy atom. The molecule has 1 heterocycles. The molecule has 1 fully saturated rings. The first-order valence-electron chi connectivity index (χ1n) is 10.3. The van der Waals surface area contributed by atoms with Gasteiger partial charge in [-0.15, -0.1) is 0 Å². The maximum absolute atomic E-state index is 12.7. The van der Waals surface area contributed by atoms with Gasteiger partial charge in [-0.1, -0.05) is 48.5 Å². The molecule has 5 nitrogen and oxygen atoms in total. The summed E-state index contributed by atoms with van der Waals surface area (Å²) in [5.41, 5.74) is 2.30. The van der Waals surface area contributed by atoms with E-state index in [4.69, 9.17) is 9.47 Å². The van der Waals surface area contributed by atoms with E-state index < -0.39 is 0 Å². The molecule has 1 atom stereocenters. The molecule has 2 aromatic carbocycles. The fraction of sp³-hybridized carbons (Fsp3) is 0.458. The van der Waals surface area contributed by atoms with Crippen molar-refractivity contribution in [2.75, 3.05) is 40.5 Å². The van der Waals surface area contributed by atoms with Gasteiger partial charge in [0, 0.05) is 36.8 Å². The summed E-state index contributed by atoms with van der Waals surface area (Å²) in [6.07, 6.45) is 1.84. The number of nitrogens with zero attached hydrogens (tertiary/aromatic N) is 1. The number of benzene rings is 2. The number of likely N-dealkylation sites (N-methyl/N-ethyl adjacent to an activating group) is 1. The van der Waals surface area contributed by atoms with Crippen LogP contribution in [0.2, 0.25) is 0 Å². The molecule has 1 N–H and O–H groups in total. The van der Waals surface area contributed by atoms with E-state index in [-0.39, 0.29) is 17.4 Å². The first kappa shape index (κ1) is 21.3. The normalized spacial score (nSPS) is 17.0. The number of carbonyl (C=O) groups is 1. The van der Waals surface area contributed by atoms with Gasteiger partial charge in [0.25, 0.3) is 0 Å². The SMILES string of the molecule is COc1ccccc1C(C)N(C)CC(=O)NCC1(c2ccccc2)CCOCC1. The topological polar surface area (TPSA) is 50.8 Å². The highest BCUT2D eigenvalue weighted by molar-refractivity contribution is 5.78. The largest absolute Gasteiger partial charge is 0.496 e. The average Bonchev–Trinajstić information content (AvgIpc) is 2.78. The highest BCUT2D eigenvalue weighted by Crippen LogP contribution is 2.34. The number of para-hydroxylation sites is 1. The monoisotopic (exact) mass is 396 g/mol. The van der Waals surface area contributed by atoms with Gasteiger partial charge in [0.05, 0.1) is 13.7 Å². The molecule has 1 aliphatic rings. The van der Waals surface area contributed by atoms with Gasteiger partial charge in [0.15, 0.2) is 0 Å². The lowest BCUT2D eigenvalue weighted by atomic mass is 9.74. The van der Waals surface area contributed by atoms with Crippen molar-refractivity contribution >= 4 is 5.91 Å². The van der Waals surface area contributed by atoms with Gasteiger partial charge >= 0.3 is 0 Å². The lowest BCUT2D eigenvalue weighted by Crippen LogP contribution is -2.46. The van der Waals surface area contributed by atoms with Gasteiger partial charge in [-0.2, -0.15) is 0 Å². The summed E-state index contributed by atoms with van der Waals surface area (Å²) in [6.45, 7) is 4.52. The van der Waals surface area contributed by atoms with Crippen molar-refractivity contribution in [3.8, 4) is 5.75 Å². The summed E-state index contributed by atoms with van der Waals surface area (Å²) in [7, 11) is 3.65. The molecular formula is C24H32N2O3. The minimum atomic E-state index is -0.0536. The number of amides is 1. The lowest BCUT2D eigenvalue weighted by molar-refractivity contribution is -0.122. The summed E-state index contributed by atoms with van der Waals surface area (Å²) in [6, 6.07) is 18.5. The van der Waals surface area contributed by atoms with Crippen LogP contribution in [0.3, 0.4) is 0 Å². The summed E-state index contributed by atoms with van der Waals surface area (Å²) in [5.74, 6) is 0.883. The van der Waals surface area contributed by atoms with Crippen molar-refractivity contribution in [1.29, 1.82) is 0 Å². The number of rotatable bonds is 8. The second-order valence-corrected chi connectivity index (χ2v) is 7.87. The van der Waals surface area contributed by atoms with E-state index in [0.717, 1.165) is 37.4 Å². The van der Waals surface area contributed by atoms with Crippen LogP contribution in [-0.2, 0) is 14.9 Å². The Balaban J connectivity index is 1.62. The van der Waals surface area contributed by atoms with Crippen molar-refractivity contribution in [2.45, 2.75) is 31.2 Å². The predicted molar refractivity (Wildman–Crippen MR) is 115 cm³/mol. The van der Waals surface area contributed by atoms with Crippen molar-refractivity contribution in [2.24, 2.45) is 0 Å². The second kappa shape index (κ2) is 9.90. The molecule has 1 aliphatic heterocycles. The van der Waals surface area contributed by atoms with Gasteiger partial charge in [0.2, 0.25) is 5.91 Å². The highest BCUT2D eigenvalue weighted by Gasteiger charge is 2.34. The molecule has 156 valence electrons. The van der Waals surface area contributed by atoms with Crippen LogP contribution in [0.1, 0.15) is 36.9 Å². The molecule has 0 aliphatic carbocycles. The fourth-order valence-electron chi connectivity index (χ4n) is 4.06. The van der Waals surface area contributed by atoms with Crippen LogP contribution in [0, 0.1) is 0 Å². The average molecular weight is 397 g/mol. The standard InChI is InChI=1S/C24H32N2O3/c1-19(21-11-7-8-12-22(21)28-3)26(2)17-23(27)25-18-24(13-15-29-16-14-24)20-9-5-4-6-10-20/h4-12,19H,13-18H2,1-3H3,(H,25,27). The van der Waals surface area contributed by atoms with E-state index in [1.807, 2.05) is 42.3 Å². The van der Waals surface area contributed by atoms with E-state index in [1.54, 1.807) is 7.11 Å². The quantitative estimate of drug-likeness (QED) is 0.741. The third-order valence-corrected chi connectivity index (χ3v) is 6.10. The van der Waals surface area contributed by atoms with Crippen LogP contribution in [0.25, 0.3) is 0 Å². The molecule has 1 unspecified atom stereocenters. The van der Waals surface area contributed by atoms with Crippen molar-refractivity contribution in [3.63, 3.8) is 0 Å². The van der Waals surface area contributed by atoms with Crippen LogP contribution in [-0.4, -0.2) is 51.3 Å². The highest BCUT2D eigenvalue weighted by atomic mass is 16.5. The van der Waals surface area contributed by atoms with Crippen molar-refractivity contribution in [3.05, 3.63) is 65.7 Å². The van der Waals surface area contributed by atoms with E-state index in [2.05, 4.69) is 36.5 Å². The minimum absolute atomic E-state index is 0.0380. The second-order valence-electron chi connectivity index (χ2n) is 7.87. The minimum Gasteiger partial charge on any atom is -0.496 e. The molecule has 2 aromatic rings. The van der Waals surface area contributed by atoms with E-state index in [0.29, 0.717) is 13.1 Å². The van der Waals surface area contributed by atoms with Gasteiger partial charge in [-0.05, 0) is 38.4 Å². The summed E-state index contributed by atoms with van der Waals surface area (Å²) in [5, 5.41) is 3.19. The molecule has 0 bridgehead atoms. The smallest absolute Gasteiger partial charge is 0.234 e. The van der Waals surface area contributed by atoms with Gasteiger partial charge in [0.1, 0.15) is 5.75 Å². The molecule has 0 saturated carbocycles. The Labute approximate surface area is 174 Å². The molecule has 29 heavy (non-hydrogen) atoms. The zero-order valence-corrected chi connectivity index (χ0v) is 17.7. The lowest BCUT2D eigenvalue weighted by Gasteiger charge is -2.38. The third kappa shape index (κ3) is 5.17. The molecule has 1 saturated heterocycles. The third-order valence-electron chi connectivity index (χ3n) is 6.10. The molecule has 0 aromatic heterocycles. The van der Waals surface area contributed by atoms with Crippen LogP contribution >= 0.6 is 0 Å². The van der Waals surface area contributed by atoms with Crippen LogP contribution in [0.4, 0.5) is 0 Å². The predicted octanol–water partition coefficient (Wildman–Crippen LogP) is 3.55. The number of ether oxygens (including phenoxy) is 2. The zero-order valence-electron chi connectivity index (χ0n) is 17.7. The van der Waals surface area contributed by atoms with Gasteiger partial charge < -0.3 is 14.8 Å². The first-order valence-corrected chi connectivity index (χ1v) is 10.3. The summed E-state index contributed by atoms with van der Waals surface area (Å²) < 4.78 is 11.1. The Morgan fingerprint density at radius 3 is 2.48 bits per heavy atom. The van der Waals surface area contributed by atoms with Gasteiger partial charge in [-0.25, -0.2) is 0 Å². The number of nitrogens with one attached hydrogen (secondary N) is 1. The molecule has 3 rings (SSSR count). The summed E-state index contributed by atoms with van der Waals surface area (Å²) in [4.78, 5) is 14.8. The van der Waals surface area contributed by atoms with Gasteiger partial charge in [-0.3, -0.25) is 9.69 Å². The number of carbonyl (C=O) groups excluding carboxylic acids is 1. The van der Waals surface area contributed by atoms with Crippen molar-refractivity contribution < 1.29 is 14.3 Å². The van der Waals surface area contributed by atoms with E-state index in [1.165, 1.54) is 5.56 Å². The number of methoxy groups -OCH3 is 1. The molecule has 0 spiro atoms. The zero-order chi connectivity index (χ0) is 20.7. The summed E-state index contributed by atoms with van der Waals surface area (Å²) >= 11 is 0. The van der Waals surface area contributed by atoms with Crippen LogP contribution in [0.15, 0.2) is 54.6 Å². The fourth-order valence-corrected chi connectivity index (χ4v) is 4.06. The maximum atomic E-state index is 12.7. The van der Waals surface area contributed by atoms with Crippen LogP contribution in [0.5, 0.6) is 5.75 Å². The first-order chi connectivity index (χ1) is 14.1.